The fourth-order valence-electron chi connectivity index (χ4n) is 3.47. The van der Waals surface area contributed by atoms with Gasteiger partial charge in [0, 0.05) is 16.7 Å². The Bertz CT molecular complexity index is 910. The largest absolute Gasteiger partial charge is 0.496 e. The van der Waals surface area contributed by atoms with E-state index in [1.807, 2.05) is 32.9 Å². The molecule has 0 aliphatic carbocycles. The molecule has 0 saturated carbocycles. The number of methoxy groups -OCH3 is 1. The van der Waals surface area contributed by atoms with E-state index >= 15 is 0 Å². The third kappa shape index (κ3) is 4.91. The number of benzene rings is 2. The second-order valence-corrected chi connectivity index (χ2v) is 7.80. The second-order valence-electron chi connectivity index (χ2n) is 7.80. The number of ether oxygens (including phenoxy) is 1. The Morgan fingerprint density at radius 1 is 1.10 bits per heavy atom. The van der Waals surface area contributed by atoms with Crippen LogP contribution in [-0.2, 0) is 11.2 Å². The van der Waals surface area contributed by atoms with Crippen LogP contribution in [0.2, 0.25) is 0 Å². The lowest BCUT2D eigenvalue weighted by Crippen LogP contribution is -2.51. The van der Waals surface area contributed by atoms with Gasteiger partial charge in [-0.2, -0.15) is 0 Å². The average Bonchev–Trinajstić information content (AvgIpc) is 2.69. The lowest BCUT2D eigenvalue weighted by atomic mass is 9.97. The van der Waals surface area contributed by atoms with Crippen molar-refractivity contribution in [1.82, 2.24) is 4.90 Å². The highest BCUT2D eigenvalue weighted by Crippen LogP contribution is 2.25. The first-order chi connectivity index (χ1) is 13.6. The lowest BCUT2D eigenvalue weighted by Gasteiger charge is -2.34. The molecule has 0 aliphatic heterocycles. The van der Waals surface area contributed by atoms with Crippen LogP contribution in [0.25, 0.3) is 0 Å². The van der Waals surface area contributed by atoms with Gasteiger partial charge in [-0.1, -0.05) is 36.2 Å². The zero-order valence-corrected chi connectivity index (χ0v) is 18.0. The fourth-order valence-corrected chi connectivity index (χ4v) is 3.47. The van der Waals surface area contributed by atoms with Crippen molar-refractivity contribution in [3.63, 3.8) is 0 Å². The Hall–Kier alpha value is -2.95. The molecule has 0 heterocycles. The molecule has 0 N–H and O–H groups in total. The minimum atomic E-state index is -1.13. The third-order valence-corrected chi connectivity index (χ3v) is 5.01. The summed E-state index contributed by atoms with van der Waals surface area (Å²) in [6, 6.07) is 10.8. The van der Waals surface area contributed by atoms with E-state index in [1.54, 1.807) is 45.2 Å². The molecule has 0 unspecified atom stereocenters. The number of nitrogens with zero attached hydrogens (tertiary/aromatic N) is 1. The molecule has 2 aromatic rings. The molecule has 154 valence electrons. The summed E-state index contributed by atoms with van der Waals surface area (Å²) in [5.41, 5.74) is 2.53. The van der Waals surface area contributed by atoms with E-state index < -0.39 is 5.54 Å². The predicted octanol–water partition coefficient (Wildman–Crippen LogP) is 4.18. The quantitative estimate of drug-likeness (QED) is 0.497. The zero-order valence-electron chi connectivity index (χ0n) is 18.0. The van der Waals surface area contributed by atoms with Gasteiger partial charge in [0.15, 0.2) is 5.78 Å². The van der Waals surface area contributed by atoms with E-state index in [0.717, 1.165) is 16.7 Å². The van der Waals surface area contributed by atoms with Crippen LogP contribution in [0.15, 0.2) is 36.4 Å². The number of aldehydes is 1. The standard InChI is InChI=1S/C24H29NO4/c1-7-19-20(9-8-10-22(19)29-6)21(27)14-25(24(4,5)15-26)23(28)18-12-16(2)11-17(3)13-18/h8-13,15H,7,14H2,1-6H3. The highest BCUT2D eigenvalue weighted by Gasteiger charge is 2.33. The van der Waals surface area contributed by atoms with Crippen molar-refractivity contribution in [2.24, 2.45) is 0 Å². The van der Waals surface area contributed by atoms with Crippen molar-refractivity contribution < 1.29 is 19.1 Å². The number of carbonyl (C=O) groups is 3. The molecule has 0 bridgehead atoms. The van der Waals surface area contributed by atoms with Gasteiger partial charge in [0.1, 0.15) is 12.0 Å². The number of Topliss-reactive ketones (excluding diaryl/α,β-unsaturated/α-hetero) is 1. The molecule has 0 atom stereocenters. The first-order valence-electron chi connectivity index (χ1n) is 9.70. The average molecular weight is 395 g/mol. The number of hydrogen-bond acceptors (Lipinski definition) is 4. The maximum absolute atomic E-state index is 13.3. The molecular weight excluding hydrogens is 366 g/mol. The molecule has 0 radical (unpaired) electrons. The van der Waals surface area contributed by atoms with Crippen LogP contribution in [0.3, 0.4) is 0 Å². The second kappa shape index (κ2) is 9.03. The number of hydrogen-bond donors (Lipinski definition) is 0. The number of aryl methyl sites for hydroxylation is 2. The molecule has 5 heteroatoms. The van der Waals surface area contributed by atoms with E-state index in [0.29, 0.717) is 29.6 Å². The molecule has 2 aromatic carbocycles. The molecular formula is C24H29NO4. The Kier molecular flexibility index (Phi) is 6.96. The Morgan fingerprint density at radius 2 is 1.72 bits per heavy atom. The van der Waals surface area contributed by atoms with Crippen LogP contribution in [-0.4, -0.2) is 42.1 Å². The fraction of sp³-hybridized carbons (Fsp3) is 0.375. The Labute approximate surface area is 172 Å². The summed E-state index contributed by atoms with van der Waals surface area (Å²) >= 11 is 0. The summed E-state index contributed by atoms with van der Waals surface area (Å²) in [5, 5.41) is 0. The molecule has 0 spiro atoms. The van der Waals surface area contributed by atoms with Crippen LogP contribution in [0.1, 0.15) is 58.2 Å². The van der Waals surface area contributed by atoms with Gasteiger partial charge < -0.3 is 14.4 Å². The number of amides is 1. The molecule has 29 heavy (non-hydrogen) atoms. The maximum Gasteiger partial charge on any atom is 0.255 e. The Morgan fingerprint density at radius 3 is 2.24 bits per heavy atom. The molecule has 0 saturated heterocycles. The summed E-state index contributed by atoms with van der Waals surface area (Å²) in [7, 11) is 1.56. The highest BCUT2D eigenvalue weighted by molar-refractivity contribution is 6.04. The minimum absolute atomic E-state index is 0.197. The monoisotopic (exact) mass is 395 g/mol. The van der Waals surface area contributed by atoms with Gasteiger partial charge in [-0.05, 0) is 52.3 Å². The van der Waals surface area contributed by atoms with Crippen LogP contribution in [0.5, 0.6) is 5.75 Å². The van der Waals surface area contributed by atoms with Gasteiger partial charge in [-0.15, -0.1) is 0 Å². The molecule has 0 aromatic heterocycles. The van der Waals surface area contributed by atoms with Crippen LogP contribution < -0.4 is 4.74 Å². The topological polar surface area (TPSA) is 63.7 Å². The van der Waals surface area contributed by atoms with Gasteiger partial charge in [-0.25, -0.2) is 0 Å². The smallest absolute Gasteiger partial charge is 0.255 e. The first kappa shape index (κ1) is 22.3. The van der Waals surface area contributed by atoms with Crippen LogP contribution in [0.4, 0.5) is 0 Å². The zero-order chi connectivity index (χ0) is 21.8. The normalized spacial score (nSPS) is 11.1. The van der Waals surface area contributed by atoms with Crippen molar-refractivity contribution in [1.29, 1.82) is 0 Å². The maximum atomic E-state index is 13.3. The molecule has 0 fully saturated rings. The van der Waals surface area contributed by atoms with Gasteiger partial charge in [0.25, 0.3) is 5.91 Å². The molecule has 5 nitrogen and oxygen atoms in total. The minimum Gasteiger partial charge on any atom is -0.496 e. The summed E-state index contributed by atoms with van der Waals surface area (Å²) in [6.07, 6.45) is 1.32. The Balaban J connectivity index is 2.46. The highest BCUT2D eigenvalue weighted by atomic mass is 16.5. The predicted molar refractivity (Wildman–Crippen MR) is 114 cm³/mol. The van der Waals surface area contributed by atoms with Gasteiger partial charge in [0.2, 0.25) is 0 Å². The van der Waals surface area contributed by atoms with Crippen molar-refractivity contribution >= 4 is 18.0 Å². The summed E-state index contributed by atoms with van der Waals surface area (Å²) in [4.78, 5) is 39.6. The van der Waals surface area contributed by atoms with Crippen molar-refractivity contribution in [3.8, 4) is 5.75 Å². The van der Waals surface area contributed by atoms with E-state index in [1.165, 1.54) is 4.90 Å². The van der Waals surface area contributed by atoms with E-state index in [9.17, 15) is 14.4 Å². The third-order valence-electron chi connectivity index (χ3n) is 5.01. The van der Waals surface area contributed by atoms with E-state index in [-0.39, 0.29) is 18.2 Å². The lowest BCUT2D eigenvalue weighted by molar-refractivity contribution is -0.115. The number of rotatable bonds is 8. The van der Waals surface area contributed by atoms with Crippen molar-refractivity contribution in [2.45, 2.75) is 46.6 Å². The van der Waals surface area contributed by atoms with Crippen molar-refractivity contribution in [2.75, 3.05) is 13.7 Å². The summed E-state index contributed by atoms with van der Waals surface area (Å²) < 4.78 is 5.37. The van der Waals surface area contributed by atoms with Gasteiger partial charge >= 0.3 is 0 Å². The summed E-state index contributed by atoms with van der Waals surface area (Å²) in [5.74, 6) is 0.0665. The van der Waals surface area contributed by atoms with Crippen LogP contribution in [0, 0.1) is 13.8 Å². The molecule has 0 aliphatic rings. The van der Waals surface area contributed by atoms with E-state index in [2.05, 4.69) is 0 Å². The molecule has 1 amide bonds. The number of ketones is 1. The van der Waals surface area contributed by atoms with E-state index in [4.69, 9.17) is 4.74 Å². The molecule has 2 rings (SSSR count). The van der Waals surface area contributed by atoms with Crippen molar-refractivity contribution in [3.05, 3.63) is 64.2 Å². The van der Waals surface area contributed by atoms with Gasteiger partial charge in [-0.3, -0.25) is 9.59 Å². The summed E-state index contributed by atoms with van der Waals surface area (Å²) in [6.45, 7) is 8.85. The first-order valence-corrected chi connectivity index (χ1v) is 9.70. The van der Waals surface area contributed by atoms with Gasteiger partial charge in [0.05, 0.1) is 19.2 Å². The van der Waals surface area contributed by atoms with Crippen LogP contribution >= 0.6 is 0 Å². The number of carbonyl (C=O) groups excluding carboxylic acids is 3. The SMILES string of the molecule is CCc1c(OC)cccc1C(=O)CN(C(=O)c1cc(C)cc(C)c1)C(C)(C)C=O.